The van der Waals surface area contributed by atoms with Gasteiger partial charge in [-0.3, -0.25) is 9.79 Å². The number of aromatic amines is 1. The Labute approximate surface area is 171 Å². The van der Waals surface area contributed by atoms with Gasteiger partial charge in [-0.15, -0.1) is 0 Å². The Kier molecular flexibility index (Phi) is 7.33. The van der Waals surface area contributed by atoms with Gasteiger partial charge in [0.05, 0.1) is 6.26 Å². The normalized spacial score (nSPS) is 11.6. The lowest BCUT2D eigenvalue weighted by Crippen LogP contribution is -2.38. The summed E-state index contributed by atoms with van der Waals surface area (Å²) in [6.45, 7) is 6.67. The van der Waals surface area contributed by atoms with E-state index in [1.807, 2.05) is 19.9 Å². The summed E-state index contributed by atoms with van der Waals surface area (Å²) < 4.78 is 5.19. The van der Waals surface area contributed by atoms with Gasteiger partial charge in [0.25, 0.3) is 5.91 Å². The highest BCUT2D eigenvalue weighted by molar-refractivity contribution is 5.92. The molecule has 3 aromatic rings. The molecule has 0 bridgehead atoms. The van der Waals surface area contributed by atoms with Gasteiger partial charge >= 0.3 is 0 Å². The van der Waals surface area contributed by atoms with Crippen molar-refractivity contribution in [1.82, 2.24) is 20.9 Å². The number of benzene rings is 1. The van der Waals surface area contributed by atoms with Gasteiger partial charge in [-0.25, -0.2) is 0 Å². The summed E-state index contributed by atoms with van der Waals surface area (Å²) in [6, 6.07) is 10.1. The average molecular weight is 396 g/mol. The van der Waals surface area contributed by atoms with Gasteiger partial charge in [0.15, 0.2) is 11.7 Å². The lowest BCUT2D eigenvalue weighted by atomic mass is 10.1. The molecule has 154 valence electrons. The maximum atomic E-state index is 12.0. The summed E-state index contributed by atoms with van der Waals surface area (Å²) in [5.74, 6) is 0.988. The molecule has 0 radical (unpaired) electrons. The molecule has 0 unspecified atom stereocenters. The molecule has 2 heterocycles. The van der Waals surface area contributed by atoms with Crippen molar-refractivity contribution in [2.75, 3.05) is 26.2 Å². The minimum Gasteiger partial charge on any atom is -0.459 e. The van der Waals surface area contributed by atoms with E-state index in [1.54, 1.807) is 6.07 Å². The lowest BCUT2D eigenvalue weighted by Gasteiger charge is -2.11. The summed E-state index contributed by atoms with van der Waals surface area (Å²) >= 11 is 0. The van der Waals surface area contributed by atoms with E-state index in [1.165, 1.54) is 17.2 Å². The summed E-state index contributed by atoms with van der Waals surface area (Å²) in [7, 11) is 0. The van der Waals surface area contributed by atoms with E-state index in [-0.39, 0.29) is 5.91 Å². The average Bonchev–Trinajstić information content (AvgIpc) is 3.34. The van der Waals surface area contributed by atoms with Gasteiger partial charge in [-0.05, 0) is 44.4 Å². The number of rotatable bonds is 9. The topological polar surface area (TPSA) is 94.4 Å². The van der Waals surface area contributed by atoms with Crippen molar-refractivity contribution in [3.8, 4) is 0 Å². The molecule has 0 atom stereocenters. The molecule has 2 aromatic heterocycles. The van der Waals surface area contributed by atoms with Crippen LogP contribution in [0.5, 0.6) is 0 Å². The van der Waals surface area contributed by atoms with Gasteiger partial charge in [0.1, 0.15) is 0 Å². The van der Waals surface area contributed by atoms with Gasteiger partial charge in [0.2, 0.25) is 0 Å². The lowest BCUT2D eigenvalue weighted by molar-refractivity contribution is 0.0925. The molecule has 0 fully saturated rings. The first-order chi connectivity index (χ1) is 14.2. The second kappa shape index (κ2) is 10.4. The number of carbonyl (C=O) groups excluding carboxylic acids is 1. The van der Waals surface area contributed by atoms with Crippen LogP contribution in [0.4, 0.5) is 0 Å². The van der Waals surface area contributed by atoms with Crippen LogP contribution < -0.4 is 16.0 Å². The molecule has 0 aliphatic heterocycles. The number of nitrogens with one attached hydrogen (secondary N) is 4. The van der Waals surface area contributed by atoms with Crippen molar-refractivity contribution < 1.29 is 9.21 Å². The zero-order chi connectivity index (χ0) is 20.5. The van der Waals surface area contributed by atoms with Crippen LogP contribution in [-0.2, 0) is 6.42 Å². The van der Waals surface area contributed by atoms with Crippen LogP contribution in [0.3, 0.4) is 0 Å². The minimum atomic E-state index is -0.180. The monoisotopic (exact) mass is 395 g/mol. The van der Waals surface area contributed by atoms with E-state index >= 15 is 0 Å². The van der Waals surface area contributed by atoms with Crippen molar-refractivity contribution in [2.45, 2.75) is 26.7 Å². The van der Waals surface area contributed by atoms with Gasteiger partial charge in [-0.2, -0.15) is 0 Å². The number of fused-ring (bicyclic) bond motifs is 1. The molecule has 7 heteroatoms. The van der Waals surface area contributed by atoms with Crippen LogP contribution in [0.15, 0.2) is 52.2 Å². The largest absolute Gasteiger partial charge is 0.459 e. The smallest absolute Gasteiger partial charge is 0.287 e. The van der Waals surface area contributed by atoms with Crippen molar-refractivity contribution in [3.63, 3.8) is 0 Å². The zero-order valence-corrected chi connectivity index (χ0v) is 17.0. The van der Waals surface area contributed by atoms with Crippen LogP contribution in [-0.4, -0.2) is 43.0 Å². The zero-order valence-electron chi connectivity index (χ0n) is 17.0. The van der Waals surface area contributed by atoms with Gasteiger partial charge in [0, 0.05) is 48.8 Å². The number of hydrogen-bond donors (Lipinski definition) is 4. The third kappa shape index (κ3) is 5.63. The highest BCUT2D eigenvalue weighted by Crippen LogP contribution is 2.17. The first-order valence-corrected chi connectivity index (χ1v) is 10.1. The number of aliphatic imine (C=N–C) groups is 1. The Morgan fingerprint density at radius 2 is 2.00 bits per heavy atom. The standard InChI is InChI=1S/C22H29N5O2/c1-3-23-22(25-12-6-11-24-21(28)20-16(2)10-14-29-20)26-13-9-17-15-27-19-8-5-4-7-18(17)19/h4-5,7-8,10,14-15,27H,3,6,9,11-13H2,1-2H3,(H,24,28)(H2,23,25,26). The first kappa shape index (κ1) is 20.5. The number of hydrogen-bond acceptors (Lipinski definition) is 3. The van der Waals surface area contributed by atoms with E-state index in [9.17, 15) is 4.79 Å². The molecule has 7 nitrogen and oxygen atoms in total. The van der Waals surface area contributed by atoms with Gasteiger partial charge < -0.3 is 25.4 Å². The summed E-state index contributed by atoms with van der Waals surface area (Å²) in [5.41, 5.74) is 3.30. The second-order valence-corrected chi connectivity index (χ2v) is 6.84. The van der Waals surface area contributed by atoms with Crippen LogP contribution >= 0.6 is 0 Å². The van der Waals surface area contributed by atoms with Crippen LogP contribution in [0.25, 0.3) is 10.9 Å². The number of guanidine groups is 1. The SMILES string of the molecule is CCNC(=NCCCNC(=O)c1occc1C)NCCc1c[nH]c2ccccc12. The predicted molar refractivity (Wildman–Crippen MR) is 116 cm³/mol. The quantitative estimate of drug-likeness (QED) is 0.254. The first-order valence-electron chi connectivity index (χ1n) is 10.1. The number of aryl methyl sites for hydroxylation is 1. The Balaban J connectivity index is 1.41. The van der Waals surface area contributed by atoms with E-state index in [0.29, 0.717) is 18.8 Å². The van der Waals surface area contributed by atoms with Crippen molar-refractivity contribution >= 4 is 22.8 Å². The predicted octanol–water partition coefficient (Wildman–Crippen LogP) is 2.99. The maximum Gasteiger partial charge on any atom is 0.287 e. The van der Waals surface area contributed by atoms with Crippen LogP contribution in [0, 0.1) is 6.92 Å². The molecule has 4 N–H and O–H groups in total. The number of furan rings is 1. The van der Waals surface area contributed by atoms with Crippen LogP contribution in [0.2, 0.25) is 0 Å². The van der Waals surface area contributed by atoms with Crippen molar-refractivity contribution in [1.29, 1.82) is 0 Å². The highest BCUT2D eigenvalue weighted by atomic mass is 16.3. The Morgan fingerprint density at radius 1 is 1.14 bits per heavy atom. The molecule has 1 aromatic carbocycles. The molecule has 3 rings (SSSR count). The number of para-hydroxylation sites is 1. The molecule has 0 aliphatic rings. The molecule has 0 spiro atoms. The van der Waals surface area contributed by atoms with Crippen LogP contribution in [0.1, 0.15) is 35.0 Å². The van der Waals surface area contributed by atoms with E-state index < -0.39 is 0 Å². The van der Waals surface area contributed by atoms with Crippen molar-refractivity contribution in [2.24, 2.45) is 4.99 Å². The number of carbonyl (C=O) groups is 1. The molecule has 1 amide bonds. The Hall–Kier alpha value is -3.22. The summed E-state index contributed by atoms with van der Waals surface area (Å²) in [5, 5.41) is 10.8. The minimum absolute atomic E-state index is 0.180. The fraction of sp³-hybridized carbons (Fsp3) is 0.364. The number of aromatic nitrogens is 1. The highest BCUT2D eigenvalue weighted by Gasteiger charge is 2.11. The Bertz CT molecular complexity index is 957. The number of H-pyrrole nitrogens is 1. The summed E-state index contributed by atoms with van der Waals surface area (Å²) in [6.07, 6.45) is 5.26. The van der Waals surface area contributed by atoms with E-state index in [2.05, 4.69) is 50.3 Å². The van der Waals surface area contributed by atoms with E-state index in [0.717, 1.165) is 43.0 Å². The third-order valence-electron chi connectivity index (χ3n) is 4.66. The fourth-order valence-corrected chi connectivity index (χ4v) is 3.15. The molecule has 29 heavy (non-hydrogen) atoms. The van der Waals surface area contributed by atoms with Crippen molar-refractivity contribution in [3.05, 3.63) is 59.7 Å². The molecular weight excluding hydrogens is 366 g/mol. The second-order valence-electron chi connectivity index (χ2n) is 6.84. The summed E-state index contributed by atoms with van der Waals surface area (Å²) in [4.78, 5) is 19.9. The molecule has 0 aliphatic carbocycles. The Morgan fingerprint density at radius 3 is 2.79 bits per heavy atom. The third-order valence-corrected chi connectivity index (χ3v) is 4.66. The number of nitrogens with zero attached hydrogens (tertiary/aromatic N) is 1. The van der Waals surface area contributed by atoms with Gasteiger partial charge in [-0.1, -0.05) is 18.2 Å². The molecule has 0 saturated heterocycles. The molecular formula is C22H29N5O2. The maximum absolute atomic E-state index is 12.0. The van der Waals surface area contributed by atoms with E-state index in [4.69, 9.17) is 4.42 Å². The fourth-order valence-electron chi connectivity index (χ4n) is 3.15. The molecule has 0 saturated carbocycles. The number of amides is 1.